The van der Waals surface area contributed by atoms with E-state index in [-0.39, 0.29) is 25.8 Å². The van der Waals surface area contributed by atoms with Gasteiger partial charge in [0.05, 0.1) is 38.1 Å². The Kier molecular flexibility index (Phi) is 10.4. The second-order valence-electron chi connectivity index (χ2n) is 16.4. The van der Waals surface area contributed by atoms with Crippen molar-refractivity contribution < 1.29 is 33.2 Å². The highest BCUT2D eigenvalue weighted by atomic mass is 16.7. The van der Waals surface area contributed by atoms with Crippen molar-refractivity contribution in [1.29, 1.82) is 0 Å². The average Bonchev–Trinajstić information content (AvgIpc) is 4.02. The Bertz CT molecular complexity index is 2190. The highest BCUT2D eigenvalue weighted by Crippen LogP contribution is 2.34. The van der Waals surface area contributed by atoms with E-state index in [2.05, 4.69) is 97.1 Å². The van der Waals surface area contributed by atoms with Gasteiger partial charge in [-0.15, -0.1) is 0 Å². The molecule has 3 atom stereocenters. The van der Waals surface area contributed by atoms with E-state index < -0.39 is 0 Å². The fourth-order valence-corrected chi connectivity index (χ4v) is 7.88. The van der Waals surface area contributed by atoms with Crippen molar-refractivity contribution in [2.75, 3.05) is 33.4 Å². The number of epoxide rings is 3. The third kappa shape index (κ3) is 9.90. The van der Waals surface area contributed by atoms with Crippen molar-refractivity contribution >= 4 is 21.5 Å². The standard InChI is InChI=1S/C50H50O7/c1-2-33(1)3-4-34-5-10-40-24-44(15-12-38(40)20-34)54-31-56-49-17-8-36(22-42(49)26-47-29-52-47)19-37-9-18-50(43(23-37)27-48-30-53-48)57-32-55-45-16-13-39-21-35(6-11-41(39)25-45)7-14-46-28-51-46/h5-6,8-13,15-18,20-25,33,46-48H,1-4,7,14,19,26-32H2. The average molecular weight is 763 g/mol. The van der Waals surface area contributed by atoms with Gasteiger partial charge in [0.2, 0.25) is 13.6 Å². The second kappa shape index (κ2) is 16.4. The van der Waals surface area contributed by atoms with E-state index in [9.17, 15) is 0 Å². The first kappa shape index (κ1) is 36.3. The number of hydrogen-bond acceptors (Lipinski definition) is 7. The SMILES string of the molecule is c1cc2cc(OCOc3ccc(Cc4ccc(OCOc5ccc6cc(CCC7CO7)ccc6c5)c(CC5CO5)c4)cc3CC3CO3)ccc2cc1CCC1CC1. The van der Waals surface area contributed by atoms with Crippen molar-refractivity contribution in [2.45, 2.75) is 76.1 Å². The lowest BCUT2D eigenvalue weighted by Crippen LogP contribution is -2.09. The number of ether oxygens (including phenoxy) is 7. The van der Waals surface area contributed by atoms with Crippen LogP contribution < -0.4 is 18.9 Å². The van der Waals surface area contributed by atoms with Gasteiger partial charge in [0.15, 0.2) is 0 Å². The third-order valence-electron chi connectivity index (χ3n) is 11.7. The van der Waals surface area contributed by atoms with Gasteiger partial charge in [-0.1, -0.05) is 85.6 Å². The molecule has 0 amide bonds. The number of benzene rings is 6. The molecule has 7 heteroatoms. The van der Waals surface area contributed by atoms with Crippen molar-refractivity contribution in [1.82, 2.24) is 0 Å². The molecular formula is C50H50O7. The monoisotopic (exact) mass is 762 g/mol. The molecule has 1 aliphatic carbocycles. The normalized spacial score (nSPS) is 19.4. The molecule has 6 aromatic carbocycles. The fourth-order valence-electron chi connectivity index (χ4n) is 7.88. The van der Waals surface area contributed by atoms with Crippen LogP contribution in [0.4, 0.5) is 0 Å². The predicted molar refractivity (Wildman–Crippen MR) is 222 cm³/mol. The summed E-state index contributed by atoms with van der Waals surface area (Å²) in [4.78, 5) is 0. The molecule has 7 nitrogen and oxygen atoms in total. The summed E-state index contributed by atoms with van der Waals surface area (Å²) < 4.78 is 41.3. The molecule has 10 rings (SSSR count). The van der Waals surface area contributed by atoms with Crippen molar-refractivity contribution in [3.8, 4) is 23.0 Å². The summed E-state index contributed by atoms with van der Waals surface area (Å²) in [6, 6.07) is 38.9. The maximum Gasteiger partial charge on any atom is 0.230 e. The molecule has 6 aromatic rings. The number of hydrogen-bond donors (Lipinski definition) is 0. The van der Waals surface area contributed by atoms with E-state index in [1.54, 1.807) is 0 Å². The molecule has 4 fully saturated rings. The third-order valence-corrected chi connectivity index (χ3v) is 11.7. The van der Waals surface area contributed by atoms with E-state index in [1.807, 2.05) is 12.1 Å². The molecule has 3 unspecified atom stereocenters. The first-order valence-corrected chi connectivity index (χ1v) is 20.8. The largest absolute Gasteiger partial charge is 0.457 e. The van der Waals surface area contributed by atoms with Crippen LogP contribution in [0.5, 0.6) is 23.0 Å². The van der Waals surface area contributed by atoms with Crippen molar-refractivity contribution in [3.05, 3.63) is 143 Å². The molecule has 292 valence electrons. The Hall–Kier alpha value is -5.08. The van der Waals surface area contributed by atoms with E-state index in [0.29, 0.717) is 6.10 Å². The number of rotatable bonds is 20. The Morgan fingerprint density at radius 1 is 0.439 bits per heavy atom. The molecule has 4 aliphatic rings. The zero-order valence-electron chi connectivity index (χ0n) is 32.5. The van der Waals surface area contributed by atoms with Gasteiger partial charge in [0.1, 0.15) is 23.0 Å². The Balaban J connectivity index is 0.759. The summed E-state index contributed by atoms with van der Waals surface area (Å²) in [6.45, 7) is 2.75. The van der Waals surface area contributed by atoms with Crippen LogP contribution in [0.1, 0.15) is 59.1 Å². The van der Waals surface area contributed by atoms with Crippen LogP contribution in [-0.4, -0.2) is 51.7 Å². The fraction of sp³-hybridized carbons (Fsp3) is 0.360. The minimum atomic E-state index is 0.128. The van der Waals surface area contributed by atoms with Crippen LogP contribution in [0.2, 0.25) is 0 Å². The summed E-state index contributed by atoms with van der Waals surface area (Å²) in [6.07, 6.45) is 10.8. The van der Waals surface area contributed by atoms with Crippen LogP contribution >= 0.6 is 0 Å². The Morgan fingerprint density at radius 2 is 0.895 bits per heavy atom. The Labute approximate surface area is 334 Å². The topological polar surface area (TPSA) is 74.5 Å². The number of aryl methyl sites for hydroxylation is 2. The smallest absolute Gasteiger partial charge is 0.230 e. The van der Waals surface area contributed by atoms with Gasteiger partial charge in [0, 0.05) is 12.8 Å². The van der Waals surface area contributed by atoms with Crippen LogP contribution in [0.25, 0.3) is 21.5 Å². The first-order valence-electron chi connectivity index (χ1n) is 20.8. The molecule has 0 bridgehead atoms. The van der Waals surface area contributed by atoms with Crippen molar-refractivity contribution in [3.63, 3.8) is 0 Å². The van der Waals surface area contributed by atoms with Gasteiger partial charge in [-0.2, -0.15) is 0 Å². The van der Waals surface area contributed by atoms with E-state index in [0.717, 1.165) is 97.4 Å². The molecule has 3 heterocycles. The molecule has 0 spiro atoms. The zero-order valence-corrected chi connectivity index (χ0v) is 32.5. The van der Waals surface area contributed by atoms with Gasteiger partial charge in [-0.05, 0) is 129 Å². The predicted octanol–water partition coefficient (Wildman–Crippen LogP) is 9.97. The minimum Gasteiger partial charge on any atom is -0.457 e. The minimum absolute atomic E-state index is 0.128. The van der Waals surface area contributed by atoms with Crippen LogP contribution in [-0.2, 0) is 46.3 Å². The summed E-state index contributed by atoms with van der Waals surface area (Å²) in [5.41, 5.74) is 7.47. The van der Waals surface area contributed by atoms with Crippen LogP contribution in [0, 0.1) is 5.92 Å². The highest BCUT2D eigenvalue weighted by Gasteiger charge is 2.26. The lowest BCUT2D eigenvalue weighted by Gasteiger charge is -2.16. The van der Waals surface area contributed by atoms with Crippen LogP contribution in [0.3, 0.4) is 0 Å². The molecule has 57 heavy (non-hydrogen) atoms. The molecule has 0 aromatic heterocycles. The van der Waals surface area contributed by atoms with Gasteiger partial charge in [-0.3, -0.25) is 0 Å². The summed E-state index contributed by atoms with van der Waals surface area (Å²) in [7, 11) is 0. The summed E-state index contributed by atoms with van der Waals surface area (Å²) in [5, 5.41) is 4.81. The molecular weight excluding hydrogens is 713 g/mol. The highest BCUT2D eigenvalue weighted by molar-refractivity contribution is 5.85. The second-order valence-corrected chi connectivity index (χ2v) is 16.4. The molecule has 1 saturated carbocycles. The maximum atomic E-state index is 6.24. The van der Waals surface area contributed by atoms with E-state index in [1.165, 1.54) is 64.1 Å². The van der Waals surface area contributed by atoms with Crippen molar-refractivity contribution in [2.24, 2.45) is 5.92 Å². The molecule has 3 saturated heterocycles. The summed E-state index contributed by atoms with van der Waals surface area (Å²) in [5.74, 6) is 4.21. The Morgan fingerprint density at radius 3 is 1.39 bits per heavy atom. The van der Waals surface area contributed by atoms with Gasteiger partial charge in [0.25, 0.3) is 0 Å². The first-order chi connectivity index (χ1) is 28.1. The lowest BCUT2D eigenvalue weighted by atomic mass is 9.97. The van der Waals surface area contributed by atoms with Gasteiger partial charge < -0.3 is 33.2 Å². The molecule has 0 radical (unpaired) electrons. The van der Waals surface area contributed by atoms with Gasteiger partial charge in [-0.25, -0.2) is 0 Å². The van der Waals surface area contributed by atoms with E-state index >= 15 is 0 Å². The molecule has 3 aliphatic heterocycles. The van der Waals surface area contributed by atoms with E-state index in [4.69, 9.17) is 33.2 Å². The van der Waals surface area contributed by atoms with Crippen LogP contribution in [0.15, 0.2) is 109 Å². The number of fused-ring (bicyclic) bond motifs is 2. The maximum absolute atomic E-state index is 6.24. The lowest BCUT2D eigenvalue weighted by molar-refractivity contribution is 0.118. The quantitative estimate of drug-likeness (QED) is 0.0566. The summed E-state index contributed by atoms with van der Waals surface area (Å²) >= 11 is 0. The van der Waals surface area contributed by atoms with Gasteiger partial charge >= 0.3 is 0 Å². The molecule has 0 N–H and O–H groups in total. The zero-order chi connectivity index (χ0) is 38.0.